The molecule has 0 fully saturated rings. The summed E-state index contributed by atoms with van der Waals surface area (Å²) < 4.78 is 16.4. The fourth-order valence-electron chi connectivity index (χ4n) is 2.60. The first-order valence-corrected chi connectivity index (χ1v) is 8.72. The van der Waals surface area contributed by atoms with Crippen molar-refractivity contribution in [2.75, 3.05) is 6.61 Å². The summed E-state index contributed by atoms with van der Waals surface area (Å²) in [5, 5.41) is 10.3. The maximum atomic E-state index is 12.1. The van der Waals surface area contributed by atoms with Gasteiger partial charge in [0.15, 0.2) is 12.5 Å². The number of ether oxygens (including phenoxy) is 3. The Morgan fingerprint density at radius 1 is 1.41 bits per heavy atom. The fourth-order valence-corrected chi connectivity index (χ4v) is 2.60. The van der Waals surface area contributed by atoms with E-state index >= 15 is 0 Å². The van der Waals surface area contributed by atoms with Crippen molar-refractivity contribution in [3.05, 3.63) is 46.3 Å². The van der Waals surface area contributed by atoms with Crippen molar-refractivity contribution in [1.82, 2.24) is 14.5 Å². The van der Waals surface area contributed by atoms with Gasteiger partial charge < -0.3 is 19.3 Å². The number of carbonyl (C=O) groups is 1. The molecule has 0 amide bonds. The van der Waals surface area contributed by atoms with Crippen molar-refractivity contribution in [2.24, 2.45) is 0 Å². The van der Waals surface area contributed by atoms with Gasteiger partial charge in [-0.1, -0.05) is 19.8 Å². The summed E-state index contributed by atoms with van der Waals surface area (Å²) in [5.74, 6) is 0.522. The third-order valence-electron chi connectivity index (χ3n) is 4.07. The summed E-state index contributed by atoms with van der Waals surface area (Å²) in [5.41, 5.74) is 0.380. The highest BCUT2D eigenvalue weighted by molar-refractivity contribution is 5.65. The third-order valence-corrected chi connectivity index (χ3v) is 4.07. The van der Waals surface area contributed by atoms with Gasteiger partial charge in [-0.2, -0.15) is 0 Å². The van der Waals surface area contributed by atoms with Crippen LogP contribution in [0.15, 0.2) is 29.3 Å². The summed E-state index contributed by atoms with van der Waals surface area (Å²) in [6.07, 6.45) is 7.36. The first kappa shape index (κ1) is 18.6. The molecule has 9 heteroatoms. The molecule has 144 valence electrons. The number of imidazole rings is 1. The molecule has 1 aliphatic heterocycles. The number of allylic oxidation sites excluding steroid dienone is 1. The number of aromatic amines is 1. The Balaban J connectivity index is 1.65. The molecule has 0 aliphatic carbocycles. The second-order valence-corrected chi connectivity index (χ2v) is 5.99. The lowest BCUT2D eigenvalue weighted by molar-refractivity contribution is 0.0304. The Morgan fingerprint density at radius 2 is 2.26 bits per heavy atom. The molecule has 3 heterocycles. The molecule has 0 saturated carbocycles. The first-order valence-electron chi connectivity index (χ1n) is 8.72. The van der Waals surface area contributed by atoms with Gasteiger partial charge in [-0.05, 0) is 25.0 Å². The summed E-state index contributed by atoms with van der Waals surface area (Å²) in [6.45, 7) is 1.82. The molecular weight excluding hydrogens is 354 g/mol. The maximum Gasteiger partial charge on any atom is 0.510 e. The van der Waals surface area contributed by atoms with Crippen LogP contribution in [0.1, 0.15) is 37.4 Å². The van der Waals surface area contributed by atoms with Crippen LogP contribution in [0, 0.1) is 0 Å². The number of H-pyrrole nitrogens is 1. The van der Waals surface area contributed by atoms with Crippen molar-refractivity contribution in [2.45, 2.75) is 39.3 Å². The molecule has 1 aliphatic rings. The minimum absolute atomic E-state index is 0.113. The highest BCUT2D eigenvalue weighted by atomic mass is 16.7. The Morgan fingerprint density at radius 3 is 3.07 bits per heavy atom. The molecule has 27 heavy (non-hydrogen) atoms. The lowest BCUT2D eigenvalue weighted by Gasteiger charge is -2.16. The van der Waals surface area contributed by atoms with Crippen molar-refractivity contribution in [1.29, 1.82) is 0 Å². The maximum absolute atomic E-state index is 12.1. The normalized spacial score (nSPS) is 12.7. The van der Waals surface area contributed by atoms with E-state index < -0.39 is 18.6 Å². The van der Waals surface area contributed by atoms with Crippen LogP contribution in [0.2, 0.25) is 0 Å². The highest BCUT2D eigenvalue weighted by Crippen LogP contribution is 2.31. The van der Waals surface area contributed by atoms with Gasteiger partial charge in [0.25, 0.3) is 0 Å². The summed E-state index contributed by atoms with van der Waals surface area (Å²) in [6, 6.07) is 1.70. The molecular formula is C18H21N3O6. The van der Waals surface area contributed by atoms with Crippen LogP contribution in [-0.4, -0.2) is 32.4 Å². The minimum Gasteiger partial charge on any atom is -0.493 e. The fraction of sp³-hybridized carbons (Fsp3) is 0.389. The molecule has 0 aromatic carbocycles. The molecule has 0 unspecified atom stereocenters. The van der Waals surface area contributed by atoms with Gasteiger partial charge in [0.1, 0.15) is 11.4 Å². The van der Waals surface area contributed by atoms with Crippen molar-refractivity contribution in [3.8, 4) is 11.6 Å². The number of carbonyl (C=O) groups excluding carboxylic acids is 1. The summed E-state index contributed by atoms with van der Waals surface area (Å²) >= 11 is 0. The Labute approximate surface area is 155 Å². The number of hydrogen-bond acceptors (Lipinski definition) is 7. The largest absolute Gasteiger partial charge is 0.510 e. The molecule has 9 nitrogen and oxygen atoms in total. The molecule has 3 rings (SSSR count). The molecule has 0 bridgehead atoms. The van der Waals surface area contributed by atoms with Gasteiger partial charge in [0, 0.05) is 18.0 Å². The van der Waals surface area contributed by atoms with Crippen LogP contribution in [0.3, 0.4) is 0 Å². The lowest BCUT2D eigenvalue weighted by atomic mass is 10.1. The second-order valence-electron chi connectivity index (χ2n) is 5.99. The van der Waals surface area contributed by atoms with Crippen LogP contribution < -0.4 is 10.4 Å². The average molecular weight is 375 g/mol. The van der Waals surface area contributed by atoms with E-state index in [0.717, 1.165) is 29.4 Å². The number of fused-ring (bicyclic) bond motifs is 1. The van der Waals surface area contributed by atoms with E-state index in [4.69, 9.17) is 14.2 Å². The van der Waals surface area contributed by atoms with E-state index in [1.807, 2.05) is 6.92 Å². The van der Waals surface area contributed by atoms with E-state index in [0.29, 0.717) is 17.9 Å². The zero-order valence-electron chi connectivity index (χ0n) is 14.9. The van der Waals surface area contributed by atoms with Crippen molar-refractivity contribution < 1.29 is 24.1 Å². The molecule has 2 aromatic heterocycles. The van der Waals surface area contributed by atoms with E-state index in [2.05, 4.69) is 9.97 Å². The number of aromatic hydroxyl groups is 1. The van der Waals surface area contributed by atoms with E-state index in [9.17, 15) is 14.7 Å². The zero-order chi connectivity index (χ0) is 19.2. The summed E-state index contributed by atoms with van der Waals surface area (Å²) in [4.78, 5) is 30.2. The van der Waals surface area contributed by atoms with Gasteiger partial charge in [0.05, 0.1) is 6.61 Å². The van der Waals surface area contributed by atoms with Crippen molar-refractivity contribution >= 4 is 11.9 Å². The van der Waals surface area contributed by atoms with Gasteiger partial charge in [-0.25, -0.2) is 14.2 Å². The second kappa shape index (κ2) is 8.43. The average Bonchev–Trinajstić information content (AvgIpc) is 2.97. The van der Waals surface area contributed by atoms with Crippen LogP contribution in [0.25, 0.3) is 5.76 Å². The number of hydrogen-bond donors (Lipinski definition) is 2. The van der Waals surface area contributed by atoms with E-state index in [1.54, 1.807) is 24.5 Å². The van der Waals surface area contributed by atoms with Gasteiger partial charge in [-0.15, -0.1) is 0 Å². The molecule has 2 aromatic rings. The molecule has 0 radical (unpaired) electrons. The smallest absolute Gasteiger partial charge is 0.493 e. The summed E-state index contributed by atoms with van der Waals surface area (Å²) in [7, 11) is 0. The van der Waals surface area contributed by atoms with Crippen LogP contribution in [-0.2, 0) is 22.6 Å². The molecule has 0 atom stereocenters. The highest BCUT2D eigenvalue weighted by Gasteiger charge is 2.22. The quantitative estimate of drug-likeness (QED) is 0.564. The van der Waals surface area contributed by atoms with Gasteiger partial charge in [-0.3, -0.25) is 9.97 Å². The molecule has 2 N–H and O–H groups in total. The number of aromatic nitrogens is 3. The monoisotopic (exact) mass is 375 g/mol. The minimum atomic E-state index is -0.894. The lowest BCUT2D eigenvalue weighted by Crippen LogP contribution is -2.20. The molecule has 0 spiro atoms. The van der Waals surface area contributed by atoms with Crippen molar-refractivity contribution in [3.63, 3.8) is 0 Å². The van der Waals surface area contributed by atoms with E-state index in [-0.39, 0.29) is 18.2 Å². The van der Waals surface area contributed by atoms with Gasteiger partial charge >= 0.3 is 11.8 Å². The predicted octanol–water partition coefficient (Wildman–Crippen LogP) is 2.55. The predicted molar refractivity (Wildman–Crippen MR) is 95.2 cm³/mol. The number of pyridine rings is 1. The third kappa shape index (κ3) is 4.30. The van der Waals surface area contributed by atoms with Gasteiger partial charge in [0.2, 0.25) is 5.88 Å². The van der Waals surface area contributed by atoms with Crippen LogP contribution >= 0.6 is 0 Å². The standard InChI is InChI=1S/C18H21N3O6/c1-2-3-4-9-25-18(24)26-11-21-16(22)15(20-17(21)23)14-6-5-12-10-19-8-7-13(12)27-14/h6-8,10,22H,2-5,9,11H2,1H3,(H,20,23). The number of rotatable bonds is 7. The van der Waals surface area contributed by atoms with Crippen LogP contribution in [0.4, 0.5) is 4.79 Å². The number of unbranched alkanes of at least 4 members (excludes halogenated alkanes) is 2. The Bertz CT molecular complexity index is 899. The zero-order valence-corrected chi connectivity index (χ0v) is 14.9. The van der Waals surface area contributed by atoms with Crippen LogP contribution in [0.5, 0.6) is 11.6 Å². The number of nitrogens with zero attached hydrogens (tertiary/aromatic N) is 2. The topological polar surface area (TPSA) is 116 Å². The first-order chi connectivity index (χ1) is 13.1. The molecule has 0 saturated heterocycles. The van der Waals surface area contributed by atoms with E-state index in [1.165, 1.54) is 0 Å². The Hall–Kier alpha value is -3.23. The SMILES string of the molecule is CCCCCOC(=O)OCn1c(O)c(C2=CCc3cnccc3O2)[nH]c1=O. The number of nitrogens with one attached hydrogen (secondary N) is 1. The Kier molecular flexibility index (Phi) is 5.80.